The summed E-state index contributed by atoms with van der Waals surface area (Å²) >= 11 is 48.0. The molecule has 0 radical (unpaired) electrons. The van der Waals surface area contributed by atoms with Crippen molar-refractivity contribution in [2.75, 3.05) is 87.8 Å². The summed E-state index contributed by atoms with van der Waals surface area (Å²) in [4.78, 5) is 50.5. The van der Waals surface area contributed by atoms with E-state index in [0.29, 0.717) is 141 Å². The lowest BCUT2D eigenvalue weighted by Gasteiger charge is -2.41. The summed E-state index contributed by atoms with van der Waals surface area (Å²) in [6.07, 6.45) is 17.8. The average molecular weight is 1860 g/mol. The van der Waals surface area contributed by atoms with Crippen molar-refractivity contribution in [3.8, 4) is 34.8 Å². The van der Waals surface area contributed by atoms with E-state index in [2.05, 4.69) is 138 Å². The minimum atomic E-state index is -0.716. The number of nitrogens with zero attached hydrogens (tertiary/aromatic N) is 14. The Morgan fingerprint density at radius 2 is 0.849 bits per heavy atom. The fourth-order valence-corrected chi connectivity index (χ4v) is 14.9. The lowest BCUT2D eigenvalue weighted by molar-refractivity contribution is 0.0441. The normalized spacial score (nSPS) is 13.9. The van der Waals surface area contributed by atoms with Crippen LogP contribution in [0.5, 0.6) is 34.8 Å². The van der Waals surface area contributed by atoms with Crippen molar-refractivity contribution < 1.29 is 37.2 Å². The van der Waals surface area contributed by atoms with Crippen LogP contribution in [-0.2, 0) is 0 Å². The molecule has 4 fully saturated rings. The van der Waals surface area contributed by atoms with E-state index in [1.165, 1.54) is 49.3 Å². The maximum Gasteiger partial charge on any atom is 0.228 e. The number of piperidine rings is 2. The number of fused-ring (bicyclic) bond motifs is 4. The molecule has 0 spiro atoms. The van der Waals surface area contributed by atoms with Gasteiger partial charge in [-0.25, -0.2) is 48.4 Å². The molecule has 4 N–H and O–H groups in total. The molecule has 0 atom stereocenters. The van der Waals surface area contributed by atoms with Crippen molar-refractivity contribution >= 4 is 194 Å². The van der Waals surface area contributed by atoms with Gasteiger partial charge >= 0.3 is 0 Å². The number of rotatable bonds is 26. The topological polar surface area (TPSA) is 228 Å². The van der Waals surface area contributed by atoms with Gasteiger partial charge in [-0.3, -0.25) is 9.97 Å². The Kier molecular flexibility index (Phi) is 30.0. The molecular weight excluding hydrogens is 1770 g/mol. The van der Waals surface area contributed by atoms with Crippen LogP contribution in [-0.4, -0.2) is 150 Å². The van der Waals surface area contributed by atoms with Crippen molar-refractivity contribution in [1.29, 1.82) is 0 Å². The van der Waals surface area contributed by atoms with E-state index >= 15 is 0 Å². The Morgan fingerprint density at radius 1 is 0.413 bits per heavy atom. The number of halogens is 10. The van der Waals surface area contributed by atoms with Crippen LogP contribution in [0.2, 0.25) is 40.2 Å². The van der Waals surface area contributed by atoms with E-state index in [4.69, 9.17) is 134 Å². The van der Waals surface area contributed by atoms with Gasteiger partial charge < -0.3 is 69.3 Å². The summed E-state index contributed by atoms with van der Waals surface area (Å²) in [5.74, 6) is 2.77. The first-order valence-electron chi connectivity index (χ1n) is 38.9. The van der Waals surface area contributed by atoms with Crippen LogP contribution in [0.3, 0.4) is 0 Å². The number of hydrogen-bond donors (Lipinski definition) is 4. The summed E-state index contributed by atoms with van der Waals surface area (Å²) in [5, 5.41) is 16.1. The molecule has 10 heterocycles. The third kappa shape index (κ3) is 21.5. The van der Waals surface area contributed by atoms with E-state index in [0.717, 1.165) is 98.8 Å². The zero-order chi connectivity index (χ0) is 89.6. The minimum Gasteiger partial charge on any atom is -0.493 e. The van der Waals surface area contributed by atoms with Crippen LogP contribution >= 0.6 is 92.8 Å². The van der Waals surface area contributed by atoms with E-state index < -0.39 is 11.6 Å². The smallest absolute Gasteiger partial charge is 0.228 e. The maximum atomic E-state index is 14.7. The number of ether oxygens (including phenoxy) is 6. The highest BCUT2D eigenvalue weighted by molar-refractivity contribution is 6.44. The second kappa shape index (κ2) is 41.5. The van der Waals surface area contributed by atoms with Crippen LogP contribution in [0.1, 0.15) is 25.7 Å². The molecular formula is C92H80Cl8F2N18O6. The quantitative estimate of drug-likeness (QED) is 0.0224. The van der Waals surface area contributed by atoms with Crippen molar-refractivity contribution in [1.82, 2.24) is 59.5 Å². The third-order valence-electron chi connectivity index (χ3n) is 20.7. The number of allylic oxidation sites excluding steroid dienone is 4. The number of aromatic nitrogens is 8. The zero-order valence-electron chi connectivity index (χ0n) is 68.0. The minimum absolute atomic E-state index is 0.0312. The van der Waals surface area contributed by atoms with Crippen LogP contribution < -0.4 is 49.7 Å². The first-order valence-corrected chi connectivity index (χ1v) is 42.0. The van der Waals surface area contributed by atoms with Gasteiger partial charge in [-0.15, -0.1) is 0 Å². The Morgan fingerprint density at radius 3 is 1.34 bits per heavy atom. The van der Waals surface area contributed by atoms with E-state index in [9.17, 15) is 8.78 Å². The lowest BCUT2D eigenvalue weighted by atomic mass is 10.1. The van der Waals surface area contributed by atoms with Gasteiger partial charge in [-0.05, 0) is 103 Å². The zero-order valence-corrected chi connectivity index (χ0v) is 74.0. The number of methoxy groups -OCH3 is 2. The van der Waals surface area contributed by atoms with Crippen molar-refractivity contribution in [3.63, 3.8) is 0 Å². The van der Waals surface area contributed by atoms with Crippen LogP contribution in [0.15, 0.2) is 234 Å². The van der Waals surface area contributed by atoms with Gasteiger partial charge in [0.1, 0.15) is 48.4 Å². The Labute approximate surface area is 766 Å². The van der Waals surface area contributed by atoms with Gasteiger partial charge in [0.25, 0.3) is 0 Å². The summed E-state index contributed by atoms with van der Waals surface area (Å²) in [6, 6.07) is 29.0. The number of anilines is 8. The molecule has 0 aliphatic carbocycles. The van der Waals surface area contributed by atoms with Crippen LogP contribution in [0, 0.1) is 24.8 Å². The molecule has 126 heavy (non-hydrogen) atoms. The highest BCUT2D eigenvalue weighted by Crippen LogP contribution is 2.46. The van der Waals surface area contributed by atoms with Gasteiger partial charge in [-0.2, -0.15) is 0 Å². The Balaban J connectivity index is 0.000000144. The van der Waals surface area contributed by atoms with Crippen molar-refractivity contribution in [2.24, 2.45) is 0 Å². The molecule has 6 aromatic carbocycles. The number of likely N-dealkylation sites (tertiary alicyclic amines) is 4. The number of hydrogen-bond acceptors (Lipinski definition) is 22. The molecule has 644 valence electrons. The summed E-state index contributed by atoms with van der Waals surface area (Å²) < 4.78 is 64.9. The first-order chi connectivity index (χ1) is 60.8. The third-order valence-corrected chi connectivity index (χ3v) is 23.8. The average Bonchev–Trinajstić information content (AvgIpc) is 0.770. The van der Waals surface area contributed by atoms with Crippen molar-refractivity contribution in [3.05, 3.63) is 309 Å². The Bertz CT molecular complexity index is 6330. The predicted octanol–water partition coefficient (Wildman–Crippen LogP) is 24.7. The molecule has 34 heteroatoms. The number of nitrogens with one attached hydrogen (secondary N) is 4. The molecule has 4 aliphatic heterocycles. The molecule has 4 saturated heterocycles. The van der Waals surface area contributed by atoms with Crippen molar-refractivity contribution in [2.45, 2.75) is 50.1 Å². The van der Waals surface area contributed by atoms with Crippen LogP contribution in [0.25, 0.3) is 53.4 Å². The van der Waals surface area contributed by atoms with Gasteiger partial charge in [-0.1, -0.05) is 145 Å². The van der Waals surface area contributed by atoms with E-state index in [1.807, 2.05) is 35.2 Å². The first kappa shape index (κ1) is 91.1. The molecule has 0 amide bonds. The second-order valence-corrected chi connectivity index (χ2v) is 31.9. The van der Waals surface area contributed by atoms with Gasteiger partial charge in [0.2, 0.25) is 23.1 Å². The fraction of sp³-hybridized carbons (Fsp3) is 0.196. The standard InChI is InChI=1S/C26H24Cl2N4O2.C24H19Cl2FN4O2.C22H20Cl2FN5O.C20H17Cl2N5O/c1-5-16(2)32-10-8-18(9-11-32)34-25-13-19-22(14-24(25)33-4)30-15-23(29-3)26(19)31-17-6-7-20(27)21(28)12-17;1-5-13(2)31-11-14(12-31)33-21-8-15-18(9-20(21)32-4)29-10-19(28-3)24(15)30-17-7-6-16(25)22(26)23(17)27;1-3-13(2)30-8-6-14(7-9-30)31-19-10-15-18(11-26-19)27-12-28-22(15)29-17-5-4-16(23)20(24)21(17)25;1-3-12(2)27-9-14(10-27)28-18-7-6-17-19(26-18)20(24-11-23-17)25-13-4-5-15(21)16(22)8-13/h5-7,12-15,18H,1-2,8-11H2,4H3,(H,30,31);5-10,14H,1-2,11-12H2,4H3,(H,29,30);3-5,10-12,14H,1-2,6-9H2,(H,27,28,29);3-8,11,14H,1-2,9-10H2,(H,23,24,25). The molecule has 6 aromatic heterocycles. The number of benzene rings is 6. The fourth-order valence-electron chi connectivity index (χ4n) is 13.7. The second-order valence-electron chi connectivity index (χ2n) is 28.7. The van der Waals surface area contributed by atoms with Gasteiger partial charge in [0.05, 0.1) is 145 Å². The largest absolute Gasteiger partial charge is 0.493 e. The Hall–Kier alpha value is -12.6. The molecule has 0 saturated carbocycles. The highest BCUT2D eigenvalue weighted by Gasteiger charge is 2.32. The monoisotopic (exact) mass is 1850 g/mol. The van der Waals surface area contributed by atoms with Gasteiger partial charge in [0.15, 0.2) is 40.5 Å². The lowest BCUT2D eigenvalue weighted by Crippen LogP contribution is -2.52. The maximum absolute atomic E-state index is 14.7. The van der Waals surface area contributed by atoms with E-state index in [-0.39, 0.29) is 61.6 Å². The van der Waals surface area contributed by atoms with Gasteiger partial charge in [0, 0.05) is 139 Å². The highest BCUT2D eigenvalue weighted by atomic mass is 35.5. The van der Waals surface area contributed by atoms with E-state index in [1.54, 1.807) is 93.3 Å². The summed E-state index contributed by atoms with van der Waals surface area (Å²) in [6.45, 7) is 52.3. The predicted molar refractivity (Wildman–Crippen MR) is 502 cm³/mol. The molecule has 0 bridgehead atoms. The molecule has 24 nitrogen and oxygen atoms in total. The molecule has 16 rings (SSSR count). The molecule has 4 aliphatic rings. The number of pyridine rings is 4. The molecule has 12 aromatic rings. The van der Waals surface area contributed by atoms with Crippen LogP contribution in [0.4, 0.5) is 65.9 Å². The summed E-state index contributed by atoms with van der Waals surface area (Å²) in [7, 11) is 3.14. The molecule has 0 unspecified atom stereocenters. The SMILES string of the molecule is C=CC(=C)N1CC(Oc2ccc3ncnc(Nc4ccc(Cl)c(Cl)c4)c3n2)C1.C=CC(=C)N1CCC(Oc2cc3c(Nc4ccc(Cl)c(Cl)c4F)ncnc3cn2)CC1.[C-]#[N+]c1cnc2cc(OC)c(OC3CCN(C(=C)C=C)CC3)cc2c1Nc1ccc(Cl)c(Cl)c1.[C-]#[N+]c1cnc2cc(OC)c(OC3CN(C(=C)C=C)C3)cc2c1Nc1ccc(Cl)c(Cl)c1F. The summed E-state index contributed by atoms with van der Waals surface area (Å²) in [5.41, 5.74) is 9.99.